The molecule has 0 aromatic rings. The van der Waals surface area contributed by atoms with Gasteiger partial charge in [0.15, 0.2) is 6.29 Å². The van der Waals surface area contributed by atoms with E-state index in [1.165, 1.54) is 19.3 Å². The highest BCUT2D eigenvalue weighted by molar-refractivity contribution is 5.08. The first-order valence-electron chi connectivity index (χ1n) is 9.75. The second kappa shape index (κ2) is 7.33. The largest absolute Gasteiger partial charge is 0.346 e. The van der Waals surface area contributed by atoms with E-state index in [-0.39, 0.29) is 18.0 Å². The topological polar surface area (TPSA) is 18.5 Å². The molecular weight excluding hydrogens is 296 g/mol. The Hall–Kier alpha value is -0.600. The molecule has 24 heavy (non-hydrogen) atoms. The molecule has 0 aromatic heterocycles. The van der Waals surface area contributed by atoms with E-state index < -0.39 is 0 Å². The fraction of sp³-hybridized carbons (Fsp3) is 0.818. The molecule has 0 bridgehead atoms. The summed E-state index contributed by atoms with van der Waals surface area (Å²) in [7, 11) is 0. The molecule has 1 aliphatic heterocycles. The molecule has 2 saturated carbocycles. The van der Waals surface area contributed by atoms with Crippen molar-refractivity contribution in [1.29, 1.82) is 0 Å². The molecule has 1 unspecified atom stereocenters. The third kappa shape index (κ3) is 3.12. The van der Waals surface area contributed by atoms with Crippen molar-refractivity contribution in [1.82, 2.24) is 0 Å². The van der Waals surface area contributed by atoms with Crippen molar-refractivity contribution < 1.29 is 9.47 Å². The summed E-state index contributed by atoms with van der Waals surface area (Å²) < 4.78 is 12.9. The lowest BCUT2D eigenvalue weighted by molar-refractivity contribution is -0.126. The van der Waals surface area contributed by atoms with Crippen LogP contribution in [0.4, 0.5) is 0 Å². The van der Waals surface area contributed by atoms with E-state index in [0.717, 1.165) is 30.6 Å². The van der Waals surface area contributed by atoms with Gasteiger partial charge in [0, 0.05) is 6.42 Å². The molecule has 0 spiro atoms. The molecule has 3 aliphatic rings. The smallest absolute Gasteiger partial charge is 0.159 e. The van der Waals surface area contributed by atoms with E-state index in [1.807, 2.05) is 6.08 Å². The molecule has 7 atom stereocenters. The van der Waals surface area contributed by atoms with Crippen LogP contribution in [0.1, 0.15) is 66.7 Å². The molecule has 138 valence electrons. The zero-order chi connectivity index (χ0) is 18.1. The summed E-state index contributed by atoms with van der Waals surface area (Å²) in [6.07, 6.45) is 8.03. The molecule has 1 heterocycles. The van der Waals surface area contributed by atoms with Crippen molar-refractivity contribution in [2.45, 2.75) is 84.7 Å². The van der Waals surface area contributed by atoms with Crippen LogP contribution in [0.2, 0.25) is 0 Å². The van der Waals surface area contributed by atoms with Crippen LogP contribution in [-0.2, 0) is 9.47 Å². The van der Waals surface area contributed by atoms with Crippen LogP contribution in [0.15, 0.2) is 25.8 Å². The third-order valence-electron chi connectivity index (χ3n) is 7.55. The Labute approximate surface area is 149 Å². The second-order valence-corrected chi connectivity index (χ2v) is 8.83. The van der Waals surface area contributed by atoms with Crippen LogP contribution in [0.5, 0.6) is 0 Å². The quantitative estimate of drug-likeness (QED) is 0.591. The van der Waals surface area contributed by atoms with Crippen LogP contribution >= 0.6 is 0 Å². The van der Waals surface area contributed by atoms with Crippen molar-refractivity contribution in [2.75, 3.05) is 0 Å². The zero-order valence-electron chi connectivity index (χ0n) is 16.5. The summed E-state index contributed by atoms with van der Waals surface area (Å²) in [4.78, 5) is 0. The Morgan fingerprint density at radius 1 is 1.12 bits per heavy atom. The van der Waals surface area contributed by atoms with E-state index in [0.29, 0.717) is 11.3 Å². The molecule has 0 aromatic carbocycles. The van der Waals surface area contributed by atoms with E-state index in [2.05, 4.69) is 54.4 Å². The Bertz CT molecular complexity index is 443. The highest BCUT2D eigenvalue weighted by Gasteiger charge is 2.60. The summed E-state index contributed by atoms with van der Waals surface area (Å²) in [5.74, 6) is 2.96. The maximum atomic E-state index is 6.51. The van der Waals surface area contributed by atoms with E-state index in [9.17, 15) is 0 Å². The van der Waals surface area contributed by atoms with Gasteiger partial charge in [-0.25, -0.2) is 0 Å². The predicted molar refractivity (Wildman–Crippen MR) is 102 cm³/mol. The fourth-order valence-electron chi connectivity index (χ4n) is 5.65. The molecule has 3 rings (SSSR count). The van der Waals surface area contributed by atoms with Gasteiger partial charge in [0.25, 0.3) is 0 Å². The summed E-state index contributed by atoms with van der Waals surface area (Å²) in [6.45, 7) is 21.9. The van der Waals surface area contributed by atoms with Crippen LogP contribution in [0.3, 0.4) is 0 Å². The van der Waals surface area contributed by atoms with Gasteiger partial charge in [-0.15, -0.1) is 19.7 Å². The van der Waals surface area contributed by atoms with Gasteiger partial charge in [-0.3, -0.25) is 0 Å². The predicted octanol–water partition coefficient (Wildman–Crippen LogP) is 5.98. The molecule has 2 aliphatic carbocycles. The fourth-order valence-corrected chi connectivity index (χ4v) is 5.65. The lowest BCUT2D eigenvalue weighted by Gasteiger charge is -2.44. The van der Waals surface area contributed by atoms with Crippen molar-refractivity contribution in [3.05, 3.63) is 25.8 Å². The number of fused-ring (bicyclic) bond motifs is 2. The maximum absolute atomic E-state index is 6.51. The average molecular weight is 335 g/mol. The van der Waals surface area contributed by atoms with Gasteiger partial charge in [0.2, 0.25) is 0 Å². The third-order valence-corrected chi connectivity index (χ3v) is 7.55. The van der Waals surface area contributed by atoms with Gasteiger partial charge in [-0.05, 0) is 55.3 Å². The highest BCUT2D eigenvalue weighted by Crippen LogP contribution is 2.60. The first kappa shape index (κ1) is 19.7. The molecule has 2 nitrogen and oxygen atoms in total. The zero-order valence-corrected chi connectivity index (χ0v) is 16.5. The molecule has 0 N–H and O–H groups in total. The summed E-state index contributed by atoms with van der Waals surface area (Å²) in [5, 5.41) is 0. The normalized spacial score (nSPS) is 46.2. The molecule has 1 saturated heterocycles. The lowest BCUT2D eigenvalue weighted by atomic mass is 9.63. The van der Waals surface area contributed by atoms with Crippen LogP contribution in [0, 0.1) is 29.1 Å². The van der Waals surface area contributed by atoms with Crippen molar-refractivity contribution in [3.63, 3.8) is 0 Å². The van der Waals surface area contributed by atoms with E-state index in [4.69, 9.17) is 9.47 Å². The van der Waals surface area contributed by atoms with Crippen molar-refractivity contribution in [3.8, 4) is 0 Å². The van der Waals surface area contributed by atoms with Crippen LogP contribution in [-0.4, -0.2) is 18.0 Å². The molecule has 2 heteroatoms. The monoisotopic (exact) mass is 334 g/mol. The van der Waals surface area contributed by atoms with E-state index in [1.54, 1.807) is 0 Å². The number of hydrogen-bond donors (Lipinski definition) is 0. The van der Waals surface area contributed by atoms with Gasteiger partial charge >= 0.3 is 0 Å². The van der Waals surface area contributed by atoms with E-state index >= 15 is 0 Å². The number of ether oxygens (including phenoxy) is 2. The maximum Gasteiger partial charge on any atom is 0.159 e. The first-order chi connectivity index (χ1) is 11.3. The lowest BCUT2D eigenvalue weighted by Crippen LogP contribution is -2.48. The highest BCUT2D eigenvalue weighted by atomic mass is 16.7. The summed E-state index contributed by atoms with van der Waals surface area (Å²) >= 11 is 0. The first-order valence-corrected chi connectivity index (χ1v) is 9.75. The Morgan fingerprint density at radius 3 is 2.42 bits per heavy atom. The van der Waals surface area contributed by atoms with Gasteiger partial charge in [0.1, 0.15) is 0 Å². The minimum Gasteiger partial charge on any atom is -0.346 e. The number of hydrogen-bond acceptors (Lipinski definition) is 2. The minimum atomic E-state index is -0.139. The van der Waals surface area contributed by atoms with Crippen LogP contribution in [0.25, 0.3) is 0 Å². The second-order valence-electron chi connectivity index (χ2n) is 8.83. The van der Waals surface area contributed by atoms with Gasteiger partial charge < -0.3 is 9.47 Å². The molecule has 3 fully saturated rings. The minimum absolute atomic E-state index is 0.0421. The summed E-state index contributed by atoms with van der Waals surface area (Å²) in [5.41, 5.74) is 0.176. The Kier molecular flexibility index (Phi) is 6.03. The van der Waals surface area contributed by atoms with Crippen LogP contribution < -0.4 is 0 Å². The molecule has 0 amide bonds. The van der Waals surface area contributed by atoms with Crippen molar-refractivity contribution >= 4 is 0 Å². The molecular formula is C22H38O2. The summed E-state index contributed by atoms with van der Waals surface area (Å²) in [6, 6.07) is 0. The SMILES string of the molecule is C=C.C=CCC[C@@H]1O[C@H]2CC3[C@H](C)CC[C@H]3C(C)(C)[C@@H](C)[C@@]2(C)O1. The standard InChI is InChI=1S/C20H34O2.C2H4/c1-7-8-9-18-21-17-12-15-13(2)10-11-16(15)19(4,5)14(3)20(17,6)22-18;1-2/h7,13-18H,1,8-12H2,2-6H3;1-2H2/t13-,14-,15?,16-,17+,18-,20-;/m1./s1. The van der Waals surface area contributed by atoms with Crippen molar-refractivity contribution in [2.24, 2.45) is 29.1 Å². The Balaban J connectivity index is 0.00000100. The number of allylic oxidation sites excluding steroid dienone is 1. The van der Waals surface area contributed by atoms with Gasteiger partial charge in [0.05, 0.1) is 11.7 Å². The number of rotatable bonds is 3. The molecule has 0 radical (unpaired) electrons. The average Bonchev–Trinajstić information content (AvgIpc) is 3.07. The van der Waals surface area contributed by atoms with Gasteiger partial charge in [-0.2, -0.15) is 0 Å². The Morgan fingerprint density at radius 2 is 1.79 bits per heavy atom. The van der Waals surface area contributed by atoms with Gasteiger partial charge in [-0.1, -0.05) is 40.2 Å².